The third kappa shape index (κ3) is 1.62. The van der Waals surface area contributed by atoms with Gasteiger partial charge in [0.1, 0.15) is 11.3 Å². The van der Waals surface area contributed by atoms with E-state index in [4.69, 9.17) is 21.1 Å². The van der Waals surface area contributed by atoms with Gasteiger partial charge in [0.2, 0.25) is 0 Å². The van der Waals surface area contributed by atoms with Crippen LogP contribution in [0.25, 0.3) is 11.0 Å². The minimum absolute atomic E-state index is 0.332. The molecule has 4 heteroatoms. The van der Waals surface area contributed by atoms with Crippen molar-refractivity contribution in [3.8, 4) is 0 Å². The van der Waals surface area contributed by atoms with Crippen molar-refractivity contribution in [1.29, 1.82) is 0 Å². The molecule has 0 radical (unpaired) electrons. The van der Waals surface area contributed by atoms with Gasteiger partial charge in [0, 0.05) is 17.4 Å². The van der Waals surface area contributed by atoms with Gasteiger partial charge in [-0.3, -0.25) is 4.79 Å². The quantitative estimate of drug-likeness (QED) is 0.845. The zero-order chi connectivity index (χ0) is 12.0. The number of benzene rings is 1. The predicted octanol–water partition coefficient (Wildman–Crippen LogP) is 3.28. The normalized spacial score (nSPS) is 19.2. The smallest absolute Gasteiger partial charge is 0.306 e. The number of carboxylic acids is 1. The number of halogens is 1. The van der Waals surface area contributed by atoms with Crippen LogP contribution < -0.4 is 0 Å². The van der Waals surface area contributed by atoms with Crippen LogP contribution in [0.4, 0.5) is 0 Å². The van der Waals surface area contributed by atoms with Crippen LogP contribution >= 0.6 is 11.6 Å². The van der Waals surface area contributed by atoms with Crippen LogP contribution in [0.1, 0.15) is 17.7 Å². The van der Waals surface area contributed by atoms with Crippen molar-refractivity contribution in [3.63, 3.8) is 0 Å². The number of hydrogen-bond donors (Lipinski definition) is 1. The Bertz CT molecular complexity index is 600. The molecule has 88 valence electrons. The summed E-state index contributed by atoms with van der Waals surface area (Å²) in [6, 6.07) is 5.55. The number of rotatable bonds is 1. The largest absolute Gasteiger partial charge is 0.481 e. The molecule has 1 N–H and O–H groups in total. The SMILES string of the molecule is O=C(O)C1CCc2c(oc3cccc(Cl)c23)C1. The van der Waals surface area contributed by atoms with E-state index in [9.17, 15) is 4.79 Å². The number of aliphatic carboxylic acids is 1. The Morgan fingerprint density at radius 1 is 1.47 bits per heavy atom. The van der Waals surface area contributed by atoms with Crippen molar-refractivity contribution in [2.45, 2.75) is 19.3 Å². The number of carboxylic acid groups (broad SMARTS) is 1. The van der Waals surface area contributed by atoms with Crippen molar-refractivity contribution in [1.82, 2.24) is 0 Å². The van der Waals surface area contributed by atoms with Crippen LogP contribution in [-0.2, 0) is 17.6 Å². The number of carbonyl (C=O) groups is 1. The molecule has 0 amide bonds. The van der Waals surface area contributed by atoms with Crippen molar-refractivity contribution in [2.75, 3.05) is 0 Å². The minimum atomic E-state index is -0.748. The monoisotopic (exact) mass is 250 g/mol. The Balaban J connectivity index is 2.14. The first-order chi connectivity index (χ1) is 8.16. The second kappa shape index (κ2) is 3.77. The Morgan fingerprint density at radius 3 is 3.06 bits per heavy atom. The second-order valence-electron chi connectivity index (χ2n) is 4.39. The summed E-state index contributed by atoms with van der Waals surface area (Å²) in [5.41, 5.74) is 1.84. The first-order valence-electron chi connectivity index (χ1n) is 5.58. The Morgan fingerprint density at radius 2 is 2.29 bits per heavy atom. The summed E-state index contributed by atoms with van der Waals surface area (Å²) in [7, 11) is 0. The summed E-state index contributed by atoms with van der Waals surface area (Å²) in [5, 5.41) is 10.7. The van der Waals surface area contributed by atoms with E-state index in [0.717, 1.165) is 28.7 Å². The molecule has 0 spiro atoms. The molecule has 1 heterocycles. The molecule has 0 saturated heterocycles. The topological polar surface area (TPSA) is 50.4 Å². The third-order valence-corrected chi connectivity index (χ3v) is 3.69. The minimum Gasteiger partial charge on any atom is -0.481 e. The zero-order valence-corrected chi connectivity index (χ0v) is 9.83. The van der Waals surface area contributed by atoms with E-state index in [1.165, 1.54) is 0 Å². The van der Waals surface area contributed by atoms with Gasteiger partial charge in [0.15, 0.2) is 0 Å². The van der Waals surface area contributed by atoms with Gasteiger partial charge in [-0.25, -0.2) is 0 Å². The standard InChI is InChI=1S/C13H11ClO3/c14-9-2-1-3-10-12(9)8-5-4-7(13(15)16)6-11(8)17-10/h1-3,7H,4-6H2,(H,15,16). The molecular weight excluding hydrogens is 240 g/mol. The molecule has 1 aliphatic rings. The van der Waals surface area contributed by atoms with Gasteiger partial charge < -0.3 is 9.52 Å². The number of aryl methyl sites for hydroxylation is 1. The van der Waals surface area contributed by atoms with E-state index in [2.05, 4.69) is 0 Å². The van der Waals surface area contributed by atoms with Crippen LogP contribution in [0.3, 0.4) is 0 Å². The van der Waals surface area contributed by atoms with Crippen LogP contribution in [0.15, 0.2) is 22.6 Å². The predicted molar refractivity (Wildman–Crippen MR) is 64.4 cm³/mol. The number of hydrogen-bond acceptors (Lipinski definition) is 2. The Kier molecular flexibility index (Phi) is 2.37. The fourth-order valence-corrected chi connectivity index (χ4v) is 2.78. The molecule has 1 aromatic carbocycles. The van der Waals surface area contributed by atoms with Gasteiger partial charge in [-0.15, -0.1) is 0 Å². The summed E-state index contributed by atoms with van der Waals surface area (Å²) in [6.45, 7) is 0. The highest BCUT2D eigenvalue weighted by Gasteiger charge is 2.29. The lowest BCUT2D eigenvalue weighted by atomic mass is 9.87. The first-order valence-corrected chi connectivity index (χ1v) is 5.96. The van der Waals surface area contributed by atoms with E-state index in [1.54, 1.807) is 0 Å². The third-order valence-electron chi connectivity index (χ3n) is 3.37. The Hall–Kier alpha value is -1.48. The van der Waals surface area contributed by atoms with E-state index in [-0.39, 0.29) is 5.92 Å². The number of fused-ring (bicyclic) bond motifs is 3. The lowest BCUT2D eigenvalue weighted by Gasteiger charge is -2.17. The van der Waals surface area contributed by atoms with Crippen LogP contribution in [0.5, 0.6) is 0 Å². The molecule has 1 aliphatic carbocycles. The van der Waals surface area contributed by atoms with Gasteiger partial charge in [-0.05, 0) is 25.0 Å². The van der Waals surface area contributed by atoms with Gasteiger partial charge in [0.05, 0.1) is 10.9 Å². The molecular formula is C13H11ClO3. The lowest BCUT2D eigenvalue weighted by molar-refractivity contribution is -0.142. The van der Waals surface area contributed by atoms with E-state index in [1.807, 2.05) is 18.2 Å². The summed E-state index contributed by atoms with van der Waals surface area (Å²) in [4.78, 5) is 11.0. The summed E-state index contributed by atoms with van der Waals surface area (Å²) >= 11 is 6.16. The molecule has 3 rings (SSSR count). The van der Waals surface area contributed by atoms with Crippen molar-refractivity contribution in [2.24, 2.45) is 5.92 Å². The van der Waals surface area contributed by atoms with Crippen molar-refractivity contribution < 1.29 is 14.3 Å². The van der Waals surface area contributed by atoms with Crippen LogP contribution in [0, 0.1) is 5.92 Å². The molecule has 1 unspecified atom stereocenters. The maximum atomic E-state index is 11.0. The first kappa shape index (κ1) is 10.7. The van der Waals surface area contributed by atoms with Gasteiger partial charge in [-0.1, -0.05) is 17.7 Å². The molecule has 1 aromatic heterocycles. The summed E-state index contributed by atoms with van der Waals surface area (Å²) in [5.74, 6) is -0.296. The summed E-state index contributed by atoms with van der Waals surface area (Å²) in [6.07, 6.45) is 1.85. The highest BCUT2D eigenvalue weighted by molar-refractivity contribution is 6.35. The summed E-state index contributed by atoms with van der Waals surface area (Å²) < 4.78 is 5.70. The second-order valence-corrected chi connectivity index (χ2v) is 4.80. The van der Waals surface area contributed by atoms with E-state index < -0.39 is 5.97 Å². The fourth-order valence-electron chi connectivity index (χ4n) is 2.50. The number of furan rings is 1. The van der Waals surface area contributed by atoms with E-state index >= 15 is 0 Å². The maximum Gasteiger partial charge on any atom is 0.306 e. The molecule has 0 fully saturated rings. The van der Waals surface area contributed by atoms with Gasteiger partial charge in [-0.2, -0.15) is 0 Å². The molecule has 2 aromatic rings. The molecule has 0 bridgehead atoms. The fraction of sp³-hybridized carbons (Fsp3) is 0.308. The van der Waals surface area contributed by atoms with Gasteiger partial charge >= 0.3 is 5.97 Å². The van der Waals surface area contributed by atoms with Crippen molar-refractivity contribution >= 4 is 28.5 Å². The van der Waals surface area contributed by atoms with Crippen LogP contribution in [-0.4, -0.2) is 11.1 Å². The molecule has 3 nitrogen and oxygen atoms in total. The highest BCUT2D eigenvalue weighted by atomic mass is 35.5. The lowest BCUT2D eigenvalue weighted by Crippen LogP contribution is -2.21. The maximum absolute atomic E-state index is 11.0. The molecule has 17 heavy (non-hydrogen) atoms. The average molecular weight is 251 g/mol. The molecule has 0 aliphatic heterocycles. The Labute approximate surface area is 103 Å². The molecule has 1 atom stereocenters. The zero-order valence-electron chi connectivity index (χ0n) is 9.07. The average Bonchev–Trinajstić information content (AvgIpc) is 2.67. The highest BCUT2D eigenvalue weighted by Crippen LogP contribution is 2.37. The van der Waals surface area contributed by atoms with Gasteiger partial charge in [0.25, 0.3) is 0 Å². The molecule has 0 saturated carbocycles. The van der Waals surface area contributed by atoms with E-state index in [0.29, 0.717) is 17.9 Å². The van der Waals surface area contributed by atoms with Crippen molar-refractivity contribution in [3.05, 3.63) is 34.5 Å². The van der Waals surface area contributed by atoms with Crippen LogP contribution in [0.2, 0.25) is 5.02 Å².